The Morgan fingerprint density at radius 3 is 1.26 bits per heavy atom. The van der Waals surface area contributed by atoms with E-state index in [4.69, 9.17) is 4.74 Å². The zero-order chi connectivity index (χ0) is 50.2. The van der Waals surface area contributed by atoms with Crippen molar-refractivity contribution in [1.29, 1.82) is 0 Å². The fourth-order valence-corrected chi connectivity index (χ4v) is 9.05. The van der Waals surface area contributed by atoms with Crippen LogP contribution in [0.15, 0.2) is 60.8 Å². The molecule has 402 valence electrons. The predicted molar refractivity (Wildman–Crippen MR) is 301 cm³/mol. The highest BCUT2D eigenvalue weighted by atomic mass is 16.5. The van der Waals surface area contributed by atoms with Crippen molar-refractivity contribution in [2.75, 3.05) is 6.61 Å². The first-order valence-electron chi connectivity index (χ1n) is 30.0. The van der Waals surface area contributed by atoms with E-state index in [1.165, 1.54) is 180 Å². The summed E-state index contributed by atoms with van der Waals surface area (Å²) in [5, 5.41) is 23.9. The third kappa shape index (κ3) is 51.7. The summed E-state index contributed by atoms with van der Waals surface area (Å²) in [5.41, 5.74) is 0. The van der Waals surface area contributed by atoms with Gasteiger partial charge in [-0.05, 0) is 83.5 Å². The number of carbonyl (C=O) groups excluding carboxylic acids is 2. The van der Waals surface area contributed by atoms with E-state index in [9.17, 15) is 19.8 Å². The molecule has 0 aliphatic heterocycles. The Kier molecular flexibility index (Phi) is 54.5. The first kappa shape index (κ1) is 66.6. The molecule has 6 nitrogen and oxygen atoms in total. The Labute approximate surface area is 428 Å². The van der Waals surface area contributed by atoms with Crippen LogP contribution in [-0.2, 0) is 14.3 Å². The minimum Gasteiger partial charge on any atom is -0.462 e. The Morgan fingerprint density at radius 1 is 0.435 bits per heavy atom. The van der Waals surface area contributed by atoms with Gasteiger partial charge in [-0.2, -0.15) is 0 Å². The van der Waals surface area contributed by atoms with Gasteiger partial charge in [0, 0.05) is 6.42 Å². The number of carbonyl (C=O) groups is 2. The van der Waals surface area contributed by atoms with Gasteiger partial charge >= 0.3 is 5.97 Å². The SMILES string of the molecule is CCCCC/C=C\C/C=C\CCCCCCCCCCCC(=O)OC(CCCCC/C=C/C=C/C=C/CCCCCCC)CC(=O)NC(CO)C(O)CCCCCCCCCCCCCCCCC. The van der Waals surface area contributed by atoms with E-state index in [1.54, 1.807) is 0 Å². The molecule has 0 aromatic carbocycles. The minimum atomic E-state index is -0.800. The van der Waals surface area contributed by atoms with Crippen molar-refractivity contribution in [1.82, 2.24) is 5.32 Å². The molecule has 0 spiro atoms. The number of rotatable bonds is 54. The Balaban J connectivity index is 4.60. The molecule has 69 heavy (non-hydrogen) atoms. The molecule has 3 unspecified atom stereocenters. The summed E-state index contributed by atoms with van der Waals surface area (Å²) in [4.78, 5) is 26.3. The standard InChI is InChI=1S/C63H115NO5/c1-4-7-10-13-16-19-22-25-28-30-31-32-35-38-41-44-47-50-53-56-63(68)69-59(54-51-48-45-42-39-36-34-29-26-23-20-17-14-11-8-5-2)57-62(67)64-60(58-65)61(66)55-52-49-46-43-40-37-33-27-24-21-18-15-12-9-6-3/h16,19,23,25-26,28-29,34,36,39,59-61,65-66H,4-15,17-18,20-22,24,27,30-33,35,37-38,40-58H2,1-3H3,(H,64,67)/b19-16-,26-23+,28-25-,34-29+,39-36+. The third-order valence-corrected chi connectivity index (χ3v) is 13.6. The van der Waals surface area contributed by atoms with Crippen molar-refractivity contribution < 1.29 is 24.5 Å². The zero-order valence-electron chi connectivity index (χ0n) is 45.9. The first-order chi connectivity index (χ1) is 34.0. The average molecular weight is 967 g/mol. The Hall–Kier alpha value is -2.44. The normalized spacial score (nSPS) is 13.5. The van der Waals surface area contributed by atoms with Gasteiger partial charge in [0.2, 0.25) is 5.91 Å². The molecule has 0 heterocycles. The minimum absolute atomic E-state index is 0.0533. The van der Waals surface area contributed by atoms with E-state index >= 15 is 0 Å². The third-order valence-electron chi connectivity index (χ3n) is 13.6. The molecule has 0 rings (SSSR count). The van der Waals surface area contributed by atoms with Gasteiger partial charge in [-0.3, -0.25) is 9.59 Å². The highest BCUT2D eigenvalue weighted by molar-refractivity contribution is 5.77. The quantitative estimate of drug-likeness (QED) is 0.0244. The summed E-state index contributed by atoms with van der Waals surface area (Å²) in [6, 6.07) is -0.716. The van der Waals surface area contributed by atoms with Gasteiger partial charge in [-0.1, -0.05) is 268 Å². The van der Waals surface area contributed by atoms with Gasteiger partial charge in [0.1, 0.15) is 6.10 Å². The van der Waals surface area contributed by atoms with E-state index in [0.29, 0.717) is 19.3 Å². The van der Waals surface area contributed by atoms with Crippen molar-refractivity contribution in [2.45, 2.75) is 322 Å². The van der Waals surface area contributed by atoms with E-state index in [2.05, 4.69) is 86.8 Å². The highest BCUT2D eigenvalue weighted by Crippen LogP contribution is 2.18. The number of aliphatic hydroxyl groups excluding tert-OH is 2. The molecule has 6 heteroatoms. The maximum absolute atomic E-state index is 13.3. The number of hydrogen-bond donors (Lipinski definition) is 3. The Bertz CT molecular complexity index is 1220. The summed E-state index contributed by atoms with van der Waals surface area (Å²) >= 11 is 0. The van der Waals surface area contributed by atoms with Crippen LogP contribution in [0, 0.1) is 0 Å². The largest absolute Gasteiger partial charge is 0.462 e. The fourth-order valence-electron chi connectivity index (χ4n) is 9.05. The molecule has 0 saturated carbocycles. The smallest absolute Gasteiger partial charge is 0.306 e. The highest BCUT2D eigenvalue weighted by Gasteiger charge is 2.24. The molecule has 1 amide bonds. The van der Waals surface area contributed by atoms with Crippen molar-refractivity contribution in [2.24, 2.45) is 0 Å². The summed E-state index contributed by atoms with van der Waals surface area (Å²) in [6.45, 7) is 6.46. The van der Waals surface area contributed by atoms with E-state index in [0.717, 1.165) is 77.0 Å². The first-order valence-corrected chi connectivity index (χ1v) is 30.0. The van der Waals surface area contributed by atoms with Gasteiger partial charge in [-0.15, -0.1) is 0 Å². The number of ether oxygens (including phenoxy) is 1. The number of unbranched alkanes of at least 4 members (excludes halogenated alkanes) is 34. The molecule has 0 aliphatic carbocycles. The summed E-state index contributed by atoms with van der Waals surface area (Å²) in [7, 11) is 0. The van der Waals surface area contributed by atoms with E-state index in [1.807, 2.05) is 0 Å². The number of esters is 1. The summed E-state index contributed by atoms with van der Waals surface area (Å²) in [5.74, 6) is -0.503. The molecule has 3 atom stereocenters. The van der Waals surface area contributed by atoms with Gasteiger partial charge < -0.3 is 20.3 Å². The molecule has 0 radical (unpaired) electrons. The molecule has 0 bridgehead atoms. The summed E-state index contributed by atoms with van der Waals surface area (Å²) < 4.78 is 5.96. The number of amides is 1. The van der Waals surface area contributed by atoms with Crippen LogP contribution >= 0.6 is 0 Å². The Morgan fingerprint density at radius 2 is 0.797 bits per heavy atom. The molecule has 0 fully saturated rings. The van der Waals surface area contributed by atoms with Crippen molar-refractivity contribution >= 4 is 11.9 Å². The van der Waals surface area contributed by atoms with Gasteiger partial charge in [0.15, 0.2) is 0 Å². The number of hydrogen-bond acceptors (Lipinski definition) is 5. The van der Waals surface area contributed by atoms with Gasteiger partial charge in [0.25, 0.3) is 0 Å². The number of allylic oxidation sites excluding steroid dienone is 10. The molecule has 0 saturated heterocycles. The van der Waals surface area contributed by atoms with Crippen LogP contribution in [0.5, 0.6) is 0 Å². The molecule has 0 aromatic heterocycles. The van der Waals surface area contributed by atoms with E-state index in [-0.39, 0.29) is 24.9 Å². The van der Waals surface area contributed by atoms with Gasteiger partial charge in [-0.25, -0.2) is 0 Å². The second kappa shape index (κ2) is 56.5. The molecular formula is C63H115NO5. The maximum atomic E-state index is 13.3. The van der Waals surface area contributed by atoms with E-state index < -0.39 is 18.2 Å². The van der Waals surface area contributed by atoms with Crippen molar-refractivity contribution in [3.8, 4) is 0 Å². The van der Waals surface area contributed by atoms with Crippen LogP contribution in [0.3, 0.4) is 0 Å². The van der Waals surface area contributed by atoms with Gasteiger partial charge in [0.05, 0.1) is 25.2 Å². The van der Waals surface area contributed by atoms with Crippen molar-refractivity contribution in [3.05, 3.63) is 60.8 Å². The lowest BCUT2D eigenvalue weighted by Crippen LogP contribution is -2.46. The lowest BCUT2D eigenvalue weighted by molar-refractivity contribution is -0.151. The second-order valence-corrected chi connectivity index (χ2v) is 20.5. The van der Waals surface area contributed by atoms with Crippen LogP contribution in [0.1, 0.15) is 303 Å². The van der Waals surface area contributed by atoms with Crippen LogP contribution in [0.2, 0.25) is 0 Å². The monoisotopic (exact) mass is 966 g/mol. The number of nitrogens with one attached hydrogen (secondary N) is 1. The van der Waals surface area contributed by atoms with Crippen LogP contribution in [0.25, 0.3) is 0 Å². The lowest BCUT2D eigenvalue weighted by Gasteiger charge is -2.24. The zero-order valence-corrected chi connectivity index (χ0v) is 45.9. The lowest BCUT2D eigenvalue weighted by atomic mass is 10.0. The predicted octanol–water partition coefficient (Wildman–Crippen LogP) is 18.7. The van der Waals surface area contributed by atoms with Crippen LogP contribution in [0.4, 0.5) is 0 Å². The maximum Gasteiger partial charge on any atom is 0.306 e. The molecule has 0 aromatic rings. The van der Waals surface area contributed by atoms with Crippen LogP contribution in [-0.4, -0.2) is 46.9 Å². The summed E-state index contributed by atoms with van der Waals surface area (Å²) in [6.07, 6.45) is 71.4. The average Bonchev–Trinajstić information content (AvgIpc) is 3.34. The van der Waals surface area contributed by atoms with Crippen LogP contribution < -0.4 is 5.32 Å². The molecule has 0 aliphatic rings. The molecule has 3 N–H and O–H groups in total. The van der Waals surface area contributed by atoms with Crippen molar-refractivity contribution in [3.63, 3.8) is 0 Å². The second-order valence-electron chi connectivity index (χ2n) is 20.5. The topological polar surface area (TPSA) is 95.9 Å². The molecular weight excluding hydrogens is 851 g/mol. The number of aliphatic hydroxyl groups is 2. The fraction of sp³-hybridized carbons (Fsp3) is 0.810.